The minimum absolute atomic E-state index is 0.103. The van der Waals surface area contributed by atoms with Gasteiger partial charge in [0, 0.05) is 44.9 Å². The first kappa shape index (κ1) is 16.2. The molecule has 1 aromatic heterocycles. The molecular formula is C17H25N3O3. The van der Waals surface area contributed by atoms with Gasteiger partial charge in [0.2, 0.25) is 11.8 Å². The first-order chi connectivity index (χ1) is 11.2. The van der Waals surface area contributed by atoms with Crippen LogP contribution in [0, 0.1) is 17.8 Å². The maximum atomic E-state index is 11.7. The zero-order valence-electron chi connectivity index (χ0n) is 13.8. The Morgan fingerprint density at radius 2 is 2.35 bits per heavy atom. The van der Waals surface area contributed by atoms with Gasteiger partial charge in [0.15, 0.2) is 0 Å². The lowest BCUT2D eigenvalue weighted by Crippen LogP contribution is -2.37. The van der Waals surface area contributed by atoms with E-state index in [4.69, 9.17) is 9.47 Å². The molecule has 0 unspecified atom stereocenters. The van der Waals surface area contributed by atoms with E-state index >= 15 is 0 Å². The van der Waals surface area contributed by atoms with Crippen LogP contribution in [0.15, 0.2) is 18.3 Å². The van der Waals surface area contributed by atoms with Gasteiger partial charge < -0.3 is 14.8 Å². The first-order valence-corrected chi connectivity index (χ1v) is 8.19. The molecule has 3 heterocycles. The Morgan fingerprint density at radius 3 is 3.13 bits per heavy atom. The van der Waals surface area contributed by atoms with Crippen LogP contribution >= 0.6 is 0 Å². The third-order valence-corrected chi connectivity index (χ3v) is 5.00. The van der Waals surface area contributed by atoms with Crippen molar-refractivity contribution >= 4 is 5.91 Å². The monoisotopic (exact) mass is 319 g/mol. The number of rotatable bonds is 5. The van der Waals surface area contributed by atoms with Crippen LogP contribution < -0.4 is 10.1 Å². The standard InChI is InChI=1S/C17H25N3O3/c1-18-16(21)6-13-10-23-11-14-8-20(9-15(13)14)7-12-4-3-5-19-17(12)22-2/h3-5,13-15H,6-11H2,1-2H3,(H,18,21)/t13-,14-,15+/m1/s1. The van der Waals surface area contributed by atoms with Crippen molar-refractivity contribution < 1.29 is 14.3 Å². The summed E-state index contributed by atoms with van der Waals surface area (Å²) in [6.45, 7) is 4.34. The summed E-state index contributed by atoms with van der Waals surface area (Å²) < 4.78 is 11.1. The normalized spacial score (nSPS) is 27.5. The third-order valence-electron chi connectivity index (χ3n) is 5.00. The minimum Gasteiger partial charge on any atom is -0.481 e. The van der Waals surface area contributed by atoms with Crippen molar-refractivity contribution in [1.29, 1.82) is 0 Å². The zero-order valence-corrected chi connectivity index (χ0v) is 13.8. The van der Waals surface area contributed by atoms with Crippen LogP contribution in [0.3, 0.4) is 0 Å². The summed E-state index contributed by atoms with van der Waals surface area (Å²) >= 11 is 0. The Hall–Kier alpha value is -1.66. The van der Waals surface area contributed by atoms with Crippen molar-refractivity contribution in [3.05, 3.63) is 23.9 Å². The molecule has 2 aliphatic heterocycles. The Labute approximate surface area is 137 Å². The summed E-state index contributed by atoms with van der Waals surface area (Å²) in [5.74, 6) is 2.16. The van der Waals surface area contributed by atoms with Crippen molar-refractivity contribution in [2.24, 2.45) is 17.8 Å². The molecule has 3 atom stereocenters. The van der Waals surface area contributed by atoms with Crippen LogP contribution in [0.4, 0.5) is 0 Å². The number of amides is 1. The van der Waals surface area contributed by atoms with Crippen LogP contribution in [-0.4, -0.2) is 56.3 Å². The number of nitrogens with one attached hydrogen (secondary N) is 1. The number of fused-ring (bicyclic) bond motifs is 1. The Kier molecular flexibility index (Phi) is 5.13. The van der Waals surface area contributed by atoms with E-state index in [2.05, 4.69) is 21.3 Å². The van der Waals surface area contributed by atoms with E-state index in [1.54, 1.807) is 20.4 Å². The van der Waals surface area contributed by atoms with Crippen LogP contribution in [-0.2, 0) is 16.1 Å². The molecule has 0 saturated carbocycles. The van der Waals surface area contributed by atoms with E-state index in [0.717, 1.165) is 31.8 Å². The molecule has 0 radical (unpaired) electrons. The van der Waals surface area contributed by atoms with E-state index in [1.807, 2.05) is 6.07 Å². The highest BCUT2D eigenvalue weighted by Gasteiger charge is 2.41. The van der Waals surface area contributed by atoms with E-state index in [0.29, 0.717) is 36.7 Å². The second-order valence-corrected chi connectivity index (χ2v) is 6.46. The van der Waals surface area contributed by atoms with Crippen LogP contribution in [0.25, 0.3) is 0 Å². The average Bonchev–Trinajstić information content (AvgIpc) is 2.98. The van der Waals surface area contributed by atoms with Gasteiger partial charge in [-0.1, -0.05) is 6.07 Å². The molecule has 2 fully saturated rings. The number of pyridine rings is 1. The summed E-state index contributed by atoms with van der Waals surface area (Å²) in [7, 11) is 3.35. The molecule has 0 bridgehead atoms. The van der Waals surface area contributed by atoms with Crippen molar-refractivity contribution in [3.8, 4) is 5.88 Å². The largest absolute Gasteiger partial charge is 0.481 e. The van der Waals surface area contributed by atoms with Gasteiger partial charge in [-0.15, -0.1) is 0 Å². The second kappa shape index (κ2) is 7.27. The summed E-state index contributed by atoms with van der Waals surface area (Å²) in [5, 5.41) is 2.73. The smallest absolute Gasteiger partial charge is 0.220 e. The average molecular weight is 319 g/mol. The van der Waals surface area contributed by atoms with Gasteiger partial charge in [-0.05, 0) is 23.8 Å². The summed E-state index contributed by atoms with van der Waals surface area (Å²) in [5.41, 5.74) is 1.11. The fourth-order valence-corrected chi connectivity index (χ4v) is 3.84. The quantitative estimate of drug-likeness (QED) is 0.874. The number of hydrogen-bond acceptors (Lipinski definition) is 5. The highest BCUT2D eigenvalue weighted by Crippen LogP contribution is 2.36. The third kappa shape index (κ3) is 3.64. The van der Waals surface area contributed by atoms with Crippen LogP contribution in [0.5, 0.6) is 5.88 Å². The van der Waals surface area contributed by atoms with Gasteiger partial charge >= 0.3 is 0 Å². The van der Waals surface area contributed by atoms with Gasteiger partial charge in [0.25, 0.3) is 0 Å². The fraction of sp³-hybridized carbons (Fsp3) is 0.647. The Balaban J connectivity index is 1.65. The summed E-state index contributed by atoms with van der Waals surface area (Å²) in [6.07, 6.45) is 2.31. The maximum Gasteiger partial charge on any atom is 0.220 e. The predicted octanol–water partition coefficient (Wildman–Crippen LogP) is 0.921. The molecule has 2 saturated heterocycles. The number of ether oxygens (including phenoxy) is 2. The molecule has 1 aromatic rings. The minimum atomic E-state index is 0.103. The lowest BCUT2D eigenvalue weighted by Gasteiger charge is -2.32. The fourth-order valence-electron chi connectivity index (χ4n) is 3.84. The van der Waals surface area contributed by atoms with Gasteiger partial charge in [0.1, 0.15) is 0 Å². The van der Waals surface area contributed by atoms with Gasteiger partial charge in [0.05, 0.1) is 20.3 Å². The van der Waals surface area contributed by atoms with Crippen molar-refractivity contribution in [3.63, 3.8) is 0 Å². The number of carbonyl (C=O) groups is 1. The number of carbonyl (C=O) groups excluding carboxylic acids is 1. The van der Waals surface area contributed by atoms with Crippen LogP contribution in [0.2, 0.25) is 0 Å². The molecule has 0 aliphatic carbocycles. The molecule has 3 rings (SSSR count). The molecular weight excluding hydrogens is 294 g/mol. The molecule has 1 N–H and O–H groups in total. The topological polar surface area (TPSA) is 63.7 Å². The maximum absolute atomic E-state index is 11.7. The molecule has 0 spiro atoms. The van der Waals surface area contributed by atoms with E-state index < -0.39 is 0 Å². The first-order valence-electron chi connectivity index (χ1n) is 8.19. The summed E-state index contributed by atoms with van der Waals surface area (Å²) in [4.78, 5) is 18.4. The lowest BCUT2D eigenvalue weighted by molar-refractivity contribution is -0.124. The van der Waals surface area contributed by atoms with Crippen LogP contribution in [0.1, 0.15) is 12.0 Å². The highest BCUT2D eigenvalue weighted by atomic mass is 16.5. The molecule has 23 heavy (non-hydrogen) atoms. The van der Waals surface area contributed by atoms with E-state index in [9.17, 15) is 4.79 Å². The SMILES string of the molecule is CNC(=O)C[C@@H]1COC[C@H]2CN(Cc3cccnc3OC)C[C@@H]12. The molecule has 6 heteroatoms. The van der Waals surface area contributed by atoms with E-state index in [-0.39, 0.29) is 5.91 Å². The molecule has 1 amide bonds. The van der Waals surface area contributed by atoms with Crippen molar-refractivity contribution in [2.45, 2.75) is 13.0 Å². The lowest BCUT2D eigenvalue weighted by atomic mass is 9.81. The van der Waals surface area contributed by atoms with Gasteiger partial charge in [-0.25, -0.2) is 4.98 Å². The van der Waals surface area contributed by atoms with Gasteiger partial charge in [-0.3, -0.25) is 9.69 Å². The number of hydrogen-bond donors (Lipinski definition) is 1. The van der Waals surface area contributed by atoms with E-state index in [1.165, 1.54) is 0 Å². The highest BCUT2D eigenvalue weighted by molar-refractivity contribution is 5.75. The summed E-state index contributed by atoms with van der Waals surface area (Å²) in [6, 6.07) is 4.00. The predicted molar refractivity (Wildman–Crippen MR) is 86.0 cm³/mol. The van der Waals surface area contributed by atoms with Gasteiger partial charge in [-0.2, -0.15) is 0 Å². The molecule has 126 valence electrons. The second-order valence-electron chi connectivity index (χ2n) is 6.46. The zero-order chi connectivity index (χ0) is 16.2. The number of methoxy groups -OCH3 is 1. The Bertz CT molecular complexity index is 552. The molecule has 2 aliphatic rings. The molecule has 0 aromatic carbocycles. The molecule has 6 nitrogen and oxygen atoms in total. The van der Waals surface area contributed by atoms with Crippen molar-refractivity contribution in [1.82, 2.24) is 15.2 Å². The Morgan fingerprint density at radius 1 is 1.48 bits per heavy atom. The number of likely N-dealkylation sites (tertiary alicyclic amines) is 1. The van der Waals surface area contributed by atoms with Crippen molar-refractivity contribution in [2.75, 3.05) is 40.5 Å². The number of nitrogens with zero attached hydrogens (tertiary/aromatic N) is 2. The number of aromatic nitrogens is 1.